The normalized spacial score (nSPS) is 10.9. The highest BCUT2D eigenvalue weighted by Gasteiger charge is 2.17. The zero-order valence-electron chi connectivity index (χ0n) is 14.4. The zero-order valence-corrected chi connectivity index (χ0v) is 15.2. The van der Waals surface area contributed by atoms with Gasteiger partial charge in [0, 0.05) is 29.1 Å². The lowest BCUT2D eigenvalue weighted by Crippen LogP contribution is -2.16. The second kappa shape index (κ2) is 7.89. The van der Waals surface area contributed by atoms with Crippen molar-refractivity contribution in [3.63, 3.8) is 0 Å². The lowest BCUT2D eigenvalue weighted by molar-refractivity contribution is -0.384. The molecule has 0 heterocycles. The van der Waals surface area contributed by atoms with Crippen LogP contribution in [0.1, 0.15) is 10.4 Å². The lowest BCUT2D eigenvalue weighted by Gasteiger charge is -2.10. The maximum atomic E-state index is 12.5. The highest BCUT2D eigenvalue weighted by molar-refractivity contribution is 7.92. The van der Waals surface area contributed by atoms with Gasteiger partial charge in [0.05, 0.1) is 9.82 Å². The highest BCUT2D eigenvalue weighted by Crippen LogP contribution is 2.19. The van der Waals surface area contributed by atoms with Crippen LogP contribution in [0.3, 0.4) is 0 Å². The molecule has 0 spiro atoms. The number of nitrogens with one attached hydrogen (secondary N) is 2. The maximum Gasteiger partial charge on any atom is 0.269 e. The van der Waals surface area contributed by atoms with Crippen molar-refractivity contribution in [3.05, 3.63) is 94.5 Å². The van der Waals surface area contributed by atoms with Crippen LogP contribution < -0.4 is 10.0 Å². The minimum absolute atomic E-state index is 0.0623. The standard InChI is InChI=1S/C19H15N3O5S/c23-19(20-15-9-11-17(12-10-15)22(24)25)14-5-4-8-18(13-14)28(26,27)21-16-6-2-1-3-7-16/h1-13,21H,(H,20,23). The van der Waals surface area contributed by atoms with Crippen molar-refractivity contribution in [3.8, 4) is 0 Å². The number of amides is 1. The summed E-state index contributed by atoms with van der Waals surface area (Å²) in [7, 11) is -3.86. The van der Waals surface area contributed by atoms with Gasteiger partial charge in [-0.05, 0) is 42.5 Å². The van der Waals surface area contributed by atoms with Crippen LogP contribution in [0.4, 0.5) is 17.1 Å². The predicted molar refractivity (Wildman–Crippen MR) is 105 cm³/mol. The van der Waals surface area contributed by atoms with Gasteiger partial charge in [0.2, 0.25) is 0 Å². The van der Waals surface area contributed by atoms with Crippen molar-refractivity contribution in [1.82, 2.24) is 0 Å². The largest absolute Gasteiger partial charge is 0.322 e. The molecule has 0 aliphatic heterocycles. The second-order valence-corrected chi connectivity index (χ2v) is 7.44. The summed E-state index contributed by atoms with van der Waals surface area (Å²) >= 11 is 0. The van der Waals surface area contributed by atoms with Crippen molar-refractivity contribution in [1.29, 1.82) is 0 Å². The smallest absolute Gasteiger partial charge is 0.269 e. The molecule has 0 unspecified atom stereocenters. The summed E-state index contributed by atoms with van der Waals surface area (Å²) in [5, 5.41) is 13.2. The monoisotopic (exact) mass is 397 g/mol. The topological polar surface area (TPSA) is 118 Å². The zero-order chi connectivity index (χ0) is 20.1. The van der Waals surface area contributed by atoms with Crippen molar-refractivity contribution in [2.75, 3.05) is 10.0 Å². The Kier molecular flexibility index (Phi) is 5.37. The molecule has 0 bridgehead atoms. The van der Waals surface area contributed by atoms with Crippen LogP contribution in [0.2, 0.25) is 0 Å². The van der Waals surface area contributed by atoms with Crippen LogP contribution in [0.25, 0.3) is 0 Å². The average Bonchev–Trinajstić information content (AvgIpc) is 2.69. The molecule has 28 heavy (non-hydrogen) atoms. The van der Waals surface area contributed by atoms with E-state index in [0.717, 1.165) is 0 Å². The molecule has 0 fully saturated rings. The van der Waals surface area contributed by atoms with E-state index in [9.17, 15) is 23.3 Å². The molecular weight excluding hydrogens is 382 g/mol. The van der Waals surface area contributed by atoms with Crippen LogP contribution in [0.15, 0.2) is 83.8 Å². The molecule has 0 atom stereocenters. The number of non-ortho nitro benzene ring substituents is 1. The number of benzene rings is 3. The number of anilines is 2. The number of rotatable bonds is 6. The molecule has 0 radical (unpaired) electrons. The van der Waals surface area contributed by atoms with Gasteiger partial charge in [0.1, 0.15) is 0 Å². The van der Waals surface area contributed by atoms with E-state index in [0.29, 0.717) is 11.4 Å². The van der Waals surface area contributed by atoms with E-state index < -0.39 is 20.9 Å². The third kappa shape index (κ3) is 4.51. The summed E-state index contributed by atoms with van der Waals surface area (Å²) in [5.41, 5.74) is 0.793. The molecule has 3 rings (SSSR count). The molecule has 3 aromatic carbocycles. The molecule has 0 saturated carbocycles. The van der Waals surface area contributed by atoms with Gasteiger partial charge in [-0.1, -0.05) is 24.3 Å². The summed E-state index contributed by atoms with van der Waals surface area (Å²) in [6, 6.07) is 19.3. The number of sulfonamides is 1. The van der Waals surface area contributed by atoms with E-state index in [4.69, 9.17) is 0 Å². The molecule has 0 aliphatic carbocycles. The molecule has 3 aromatic rings. The number of carbonyl (C=O) groups excluding carboxylic acids is 1. The predicted octanol–water partition coefficient (Wildman–Crippen LogP) is 3.65. The Bertz CT molecular complexity index is 1110. The van der Waals surface area contributed by atoms with E-state index in [1.54, 1.807) is 30.3 Å². The molecule has 0 aliphatic rings. The Morgan fingerprint density at radius 3 is 2.18 bits per heavy atom. The minimum atomic E-state index is -3.86. The molecule has 0 saturated heterocycles. The molecule has 0 aromatic heterocycles. The highest BCUT2D eigenvalue weighted by atomic mass is 32.2. The van der Waals surface area contributed by atoms with Crippen molar-refractivity contribution in [2.45, 2.75) is 4.90 Å². The van der Waals surface area contributed by atoms with E-state index >= 15 is 0 Å². The summed E-state index contributed by atoms with van der Waals surface area (Å²) in [4.78, 5) is 22.5. The summed E-state index contributed by atoms with van der Waals surface area (Å²) in [5.74, 6) is -0.536. The molecule has 8 nitrogen and oxygen atoms in total. The average molecular weight is 397 g/mol. The summed E-state index contributed by atoms with van der Waals surface area (Å²) in [6.07, 6.45) is 0. The summed E-state index contributed by atoms with van der Waals surface area (Å²) in [6.45, 7) is 0. The Balaban J connectivity index is 1.78. The van der Waals surface area contributed by atoms with Gasteiger partial charge in [-0.15, -0.1) is 0 Å². The molecule has 2 N–H and O–H groups in total. The first-order valence-corrected chi connectivity index (χ1v) is 9.57. The van der Waals surface area contributed by atoms with E-state index in [-0.39, 0.29) is 16.1 Å². The number of hydrogen-bond donors (Lipinski definition) is 2. The van der Waals surface area contributed by atoms with Crippen LogP contribution in [-0.2, 0) is 10.0 Å². The fourth-order valence-electron chi connectivity index (χ4n) is 2.39. The Labute approximate surface area is 161 Å². The minimum Gasteiger partial charge on any atom is -0.322 e. The number of nitro benzene ring substituents is 1. The van der Waals surface area contributed by atoms with Crippen molar-refractivity contribution >= 4 is 33.0 Å². The number of carbonyl (C=O) groups is 1. The van der Waals surface area contributed by atoms with E-state index in [1.807, 2.05) is 0 Å². The van der Waals surface area contributed by atoms with E-state index in [2.05, 4.69) is 10.0 Å². The van der Waals surface area contributed by atoms with Crippen LogP contribution in [-0.4, -0.2) is 19.2 Å². The molecule has 1 amide bonds. The Morgan fingerprint density at radius 2 is 1.54 bits per heavy atom. The van der Waals surface area contributed by atoms with Gasteiger partial charge in [-0.3, -0.25) is 19.6 Å². The Hall–Kier alpha value is -3.72. The van der Waals surface area contributed by atoms with Gasteiger partial charge in [0.25, 0.3) is 21.6 Å². The third-order valence-corrected chi connectivity index (χ3v) is 5.15. The van der Waals surface area contributed by atoms with Crippen molar-refractivity contribution in [2.24, 2.45) is 0 Å². The van der Waals surface area contributed by atoms with Gasteiger partial charge in [0.15, 0.2) is 0 Å². The first-order valence-electron chi connectivity index (χ1n) is 8.09. The van der Waals surface area contributed by atoms with Gasteiger partial charge in [-0.25, -0.2) is 8.42 Å². The van der Waals surface area contributed by atoms with Crippen LogP contribution in [0.5, 0.6) is 0 Å². The van der Waals surface area contributed by atoms with Crippen LogP contribution >= 0.6 is 0 Å². The quantitative estimate of drug-likeness (QED) is 0.486. The molecule has 9 heteroatoms. The number of para-hydroxylation sites is 1. The fraction of sp³-hybridized carbons (Fsp3) is 0. The maximum absolute atomic E-state index is 12.5. The van der Waals surface area contributed by atoms with E-state index in [1.165, 1.54) is 48.5 Å². The molecule has 142 valence electrons. The van der Waals surface area contributed by atoms with Gasteiger partial charge in [-0.2, -0.15) is 0 Å². The van der Waals surface area contributed by atoms with Gasteiger partial charge < -0.3 is 5.32 Å². The number of nitrogens with zero attached hydrogens (tertiary/aromatic N) is 1. The fourth-order valence-corrected chi connectivity index (χ4v) is 3.50. The third-order valence-electron chi connectivity index (χ3n) is 3.77. The van der Waals surface area contributed by atoms with Crippen molar-refractivity contribution < 1.29 is 18.1 Å². The lowest BCUT2D eigenvalue weighted by atomic mass is 10.2. The number of nitro groups is 1. The first-order chi connectivity index (χ1) is 13.3. The second-order valence-electron chi connectivity index (χ2n) is 5.76. The van der Waals surface area contributed by atoms with Gasteiger partial charge >= 0.3 is 0 Å². The molecular formula is C19H15N3O5S. The first kappa shape index (κ1) is 19.1. The van der Waals surface area contributed by atoms with Crippen LogP contribution in [0, 0.1) is 10.1 Å². The SMILES string of the molecule is O=C(Nc1ccc([N+](=O)[O-])cc1)c1cccc(S(=O)(=O)Nc2ccccc2)c1. The number of hydrogen-bond acceptors (Lipinski definition) is 5. The summed E-state index contributed by atoms with van der Waals surface area (Å²) < 4.78 is 27.5. The Morgan fingerprint density at radius 1 is 0.857 bits per heavy atom.